The average Bonchev–Trinajstić information content (AvgIpc) is 3.29. The smallest absolute Gasteiger partial charge is 0.262 e. The van der Waals surface area contributed by atoms with E-state index in [1.54, 1.807) is 30.0 Å². The zero-order valence-corrected chi connectivity index (χ0v) is 17.1. The van der Waals surface area contributed by atoms with Crippen LogP contribution in [0.3, 0.4) is 0 Å². The molecule has 1 saturated carbocycles. The van der Waals surface area contributed by atoms with Gasteiger partial charge < -0.3 is 4.90 Å². The third-order valence-electron chi connectivity index (χ3n) is 6.09. The molecule has 7 heteroatoms. The van der Waals surface area contributed by atoms with Crippen LogP contribution in [0.5, 0.6) is 0 Å². The van der Waals surface area contributed by atoms with Crippen LogP contribution in [0.4, 0.5) is 0 Å². The Hall–Kier alpha value is -1.73. The molecule has 3 aliphatic rings. The zero-order chi connectivity index (χ0) is 19.1. The van der Waals surface area contributed by atoms with E-state index in [9.17, 15) is 14.4 Å². The Balaban J connectivity index is 1.42. The van der Waals surface area contributed by atoms with Crippen LogP contribution in [0.25, 0.3) is 0 Å². The minimum Gasteiger partial charge on any atom is -0.338 e. The van der Waals surface area contributed by atoms with Crippen LogP contribution < -0.4 is 0 Å². The summed E-state index contributed by atoms with van der Waals surface area (Å²) < 4.78 is 0.742. The molecule has 2 heterocycles. The highest BCUT2D eigenvalue weighted by Gasteiger charge is 2.42. The highest BCUT2D eigenvalue weighted by atomic mass is 79.9. The van der Waals surface area contributed by atoms with Gasteiger partial charge in [-0.05, 0) is 38.0 Å². The Morgan fingerprint density at radius 1 is 1.04 bits per heavy atom. The first kappa shape index (κ1) is 18.6. The van der Waals surface area contributed by atoms with E-state index in [2.05, 4.69) is 20.8 Å². The number of hydrogen-bond donors (Lipinski definition) is 0. The predicted molar refractivity (Wildman–Crippen MR) is 105 cm³/mol. The Bertz CT molecular complexity index is 783. The van der Waals surface area contributed by atoms with E-state index in [-0.39, 0.29) is 17.7 Å². The van der Waals surface area contributed by atoms with Crippen LogP contribution in [0.1, 0.15) is 53.3 Å². The summed E-state index contributed by atoms with van der Waals surface area (Å²) in [5, 5.41) is 0. The molecule has 1 aromatic carbocycles. The molecule has 4 rings (SSSR count). The monoisotopic (exact) mass is 433 g/mol. The van der Waals surface area contributed by atoms with E-state index in [4.69, 9.17) is 0 Å². The van der Waals surface area contributed by atoms with Gasteiger partial charge in [0, 0.05) is 36.7 Å². The van der Waals surface area contributed by atoms with Crippen molar-refractivity contribution in [1.29, 1.82) is 0 Å². The van der Waals surface area contributed by atoms with Crippen molar-refractivity contribution in [3.63, 3.8) is 0 Å². The topological polar surface area (TPSA) is 60.9 Å². The minimum atomic E-state index is -0.783. The molecule has 3 amide bonds. The summed E-state index contributed by atoms with van der Waals surface area (Å²) in [5.41, 5.74) is 0.731. The summed E-state index contributed by atoms with van der Waals surface area (Å²) in [5.74, 6) is -0.913. The lowest BCUT2D eigenvalue weighted by Gasteiger charge is -2.39. The van der Waals surface area contributed by atoms with Gasteiger partial charge in [0.2, 0.25) is 5.91 Å². The molecule has 0 spiro atoms. The second-order valence-corrected chi connectivity index (χ2v) is 8.56. The van der Waals surface area contributed by atoms with E-state index in [1.165, 1.54) is 25.7 Å². The molecule has 27 heavy (non-hydrogen) atoms. The van der Waals surface area contributed by atoms with E-state index in [0.29, 0.717) is 30.3 Å². The first-order valence-corrected chi connectivity index (χ1v) is 10.5. The molecule has 0 aromatic heterocycles. The highest BCUT2D eigenvalue weighted by molar-refractivity contribution is 9.10. The van der Waals surface area contributed by atoms with Crippen molar-refractivity contribution in [2.75, 3.05) is 26.2 Å². The summed E-state index contributed by atoms with van der Waals surface area (Å²) in [6.45, 7) is 4.72. The van der Waals surface area contributed by atoms with Crippen LogP contribution >= 0.6 is 15.9 Å². The first-order chi connectivity index (χ1) is 13.0. The number of hydrogen-bond acceptors (Lipinski definition) is 4. The van der Waals surface area contributed by atoms with Crippen LogP contribution in [-0.2, 0) is 4.79 Å². The Kier molecular flexibility index (Phi) is 5.07. The fourth-order valence-electron chi connectivity index (χ4n) is 4.53. The number of fused-ring (bicyclic) bond motifs is 1. The van der Waals surface area contributed by atoms with E-state index >= 15 is 0 Å². The molecular formula is C20H24BrN3O3. The van der Waals surface area contributed by atoms with Gasteiger partial charge in [0.25, 0.3) is 11.8 Å². The molecule has 1 unspecified atom stereocenters. The molecule has 0 radical (unpaired) electrons. The van der Waals surface area contributed by atoms with Gasteiger partial charge in [-0.15, -0.1) is 0 Å². The maximum Gasteiger partial charge on any atom is 0.262 e. The lowest BCUT2D eigenvalue weighted by molar-refractivity contribution is -0.137. The second kappa shape index (κ2) is 7.36. The SMILES string of the molecule is CC(C(=O)N1CCN(C2CCCC2)CC1)N1C(=O)c2ccc(Br)cc2C1=O. The maximum atomic E-state index is 13.0. The number of imide groups is 1. The third-order valence-corrected chi connectivity index (χ3v) is 6.58. The summed E-state index contributed by atoms with van der Waals surface area (Å²) in [6, 6.07) is 4.90. The number of benzene rings is 1. The van der Waals surface area contributed by atoms with Crippen LogP contribution in [0.2, 0.25) is 0 Å². The number of nitrogens with zero attached hydrogens (tertiary/aromatic N) is 3. The number of halogens is 1. The van der Waals surface area contributed by atoms with Crippen LogP contribution in [0.15, 0.2) is 22.7 Å². The number of amides is 3. The molecule has 2 fully saturated rings. The van der Waals surface area contributed by atoms with Gasteiger partial charge in [0.05, 0.1) is 11.1 Å². The van der Waals surface area contributed by atoms with Gasteiger partial charge in [-0.1, -0.05) is 28.8 Å². The first-order valence-electron chi connectivity index (χ1n) is 9.67. The maximum absolute atomic E-state index is 13.0. The van der Waals surface area contributed by atoms with Gasteiger partial charge in [0.15, 0.2) is 0 Å². The minimum absolute atomic E-state index is 0.144. The molecule has 144 valence electrons. The second-order valence-electron chi connectivity index (χ2n) is 7.65. The summed E-state index contributed by atoms with van der Waals surface area (Å²) >= 11 is 3.33. The Morgan fingerprint density at radius 2 is 1.67 bits per heavy atom. The molecule has 0 N–H and O–H groups in total. The molecule has 1 atom stereocenters. The largest absolute Gasteiger partial charge is 0.338 e. The van der Waals surface area contributed by atoms with E-state index in [1.807, 2.05) is 0 Å². The number of carbonyl (C=O) groups excluding carboxylic acids is 3. The fraction of sp³-hybridized carbons (Fsp3) is 0.550. The van der Waals surface area contributed by atoms with Gasteiger partial charge in [0.1, 0.15) is 6.04 Å². The van der Waals surface area contributed by atoms with Gasteiger partial charge in [-0.25, -0.2) is 0 Å². The standard InChI is InChI=1S/C20H24BrN3O3/c1-13(24-19(26)16-7-6-14(21)12-17(16)20(24)27)18(25)23-10-8-22(9-11-23)15-4-2-3-5-15/h6-7,12-13,15H,2-5,8-11H2,1H3. The fourth-order valence-corrected chi connectivity index (χ4v) is 4.90. The molecule has 6 nitrogen and oxygen atoms in total. The van der Waals surface area contributed by atoms with Gasteiger partial charge in [-0.3, -0.25) is 24.2 Å². The number of rotatable bonds is 3. The van der Waals surface area contributed by atoms with Crippen molar-refractivity contribution in [2.24, 2.45) is 0 Å². The van der Waals surface area contributed by atoms with Crippen molar-refractivity contribution in [3.05, 3.63) is 33.8 Å². The molecule has 1 aromatic rings. The lowest BCUT2D eigenvalue weighted by Crippen LogP contribution is -2.56. The van der Waals surface area contributed by atoms with Crippen LogP contribution in [-0.4, -0.2) is 70.7 Å². The lowest BCUT2D eigenvalue weighted by atomic mass is 10.1. The number of piperazine rings is 1. The van der Waals surface area contributed by atoms with Gasteiger partial charge >= 0.3 is 0 Å². The average molecular weight is 434 g/mol. The summed E-state index contributed by atoms with van der Waals surface area (Å²) in [4.78, 5) is 43.8. The summed E-state index contributed by atoms with van der Waals surface area (Å²) in [7, 11) is 0. The third kappa shape index (κ3) is 3.31. The Labute approximate surface area is 167 Å². The molecule has 2 aliphatic heterocycles. The molecule has 1 aliphatic carbocycles. The van der Waals surface area contributed by atoms with E-state index < -0.39 is 6.04 Å². The molecule has 0 bridgehead atoms. The highest BCUT2D eigenvalue weighted by Crippen LogP contribution is 2.28. The zero-order valence-electron chi connectivity index (χ0n) is 15.5. The van der Waals surface area contributed by atoms with Crippen molar-refractivity contribution < 1.29 is 14.4 Å². The molecule has 1 saturated heterocycles. The van der Waals surface area contributed by atoms with Crippen molar-refractivity contribution >= 4 is 33.7 Å². The van der Waals surface area contributed by atoms with Crippen LogP contribution in [0, 0.1) is 0 Å². The normalized spacial score (nSPS) is 22.4. The molecular weight excluding hydrogens is 410 g/mol. The number of carbonyl (C=O) groups is 3. The predicted octanol–water partition coefficient (Wildman–Crippen LogP) is 2.52. The quantitative estimate of drug-likeness (QED) is 0.687. The van der Waals surface area contributed by atoms with Crippen molar-refractivity contribution in [1.82, 2.24) is 14.7 Å². The van der Waals surface area contributed by atoms with Crippen molar-refractivity contribution in [2.45, 2.75) is 44.7 Å². The van der Waals surface area contributed by atoms with E-state index in [0.717, 1.165) is 22.5 Å². The Morgan fingerprint density at radius 3 is 2.33 bits per heavy atom. The van der Waals surface area contributed by atoms with Gasteiger partial charge in [-0.2, -0.15) is 0 Å². The summed E-state index contributed by atoms with van der Waals surface area (Å²) in [6.07, 6.45) is 5.12. The van der Waals surface area contributed by atoms with Crippen molar-refractivity contribution in [3.8, 4) is 0 Å².